The number of amides is 2. The summed E-state index contributed by atoms with van der Waals surface area (Å²) in [7, 11) is -7.66. The largest absolute Gasteiger partial charge is 0.313 e. The summed E-state index contributed by atoms with van der Waals surface area (Å²) in [5.41, 5.74) is -2.60. The molecular formula is C34H33NO4P2. The molecular weight excluding hydrogens is 548 g/mol. The van der Waals surface area contributed by atoms with Gasteiger partial charge in [-0.3, -0.25) is 14.5 Å². The summed E-state index contributed by atoms with van der Waals surface area (Å²) < 4.78 is 31.6. The molecule has 1 saturated carbocycles. The number of benzene rings is 4. The maximum absolute atomic E-state index is 15.8. The van der Waals surface area contributed by atoms with Gasteiger partial charge < -0.3 is 9.13 Å². The van der Waals surface area contributed by atoms with Crippen molar-refractivity contribution in [2.45, 2.75) is 49.5 Å². The van der Waals surface area contributed by atoms with Gasteiger partial charge in [0, 0.05) is 27.3 Å². The highest BCUT2D eigenvalue weighted by atomic mass is 31.2. The Morgan fingerprint density at radius 2 is 0.756 bits per heavy atom. The smallest absolute Gasteiger partial charge is 0.241 e. The van der Waals surface area contributed by atoms with Gasteiger partial charge in [0.25, 0.3) is 0 Å². The van der Waals surface area contributed by atoms with Gasteiger partial charge in [-0.15, -0.1) is 0 Å². The highest BCUT2D eigenvalue weighted by Gasteiger charge is 2.64. The molecule has 1 aliphatic heterocycles. The van der Waals surface area contributed by atoms with Gasteiger partial charge in [-0.05, 0) is 12.8 Å². The summed E-state index contributed by atoms with van der Waals surface area (Å²) >= 11 is 0. The van der Waals surface area contributed by atoms with E-state index in [4.69, 9.17) is 0 Å². The maximum Gasteiger partial charge on any atom is 0.241 e. The normalized spacial score (nSPS) is 20.3. The van der Waals surface area contributed by atoms with E-state index in [0.717, 1.165) is 19.3 Å². The molecule has 5 nitrogen and oxygen atoms in total. The van der Waals surface area contributed by atoms with Crippen LogP contribution in [0.5, 0.6) is 0 Å². The minimum atomic E-state index is -3.83. The lowest BCUT2D eigenvalue weighted by Gasteiger charge is -2.32. The van der Waals surface area contributed by atoms with Crippen LogP contribution in [0.4, 0.5) is 0 Å². The molecule has 2 atom stereocenters. The van der Waals surface area contributed by atoms with Crippen molar-refractivity contribution in [2.75, 3.05) is 0 Å². The monoisotopic (exact) mass is 581 g/mol. The lowest BCUT2D eigenvalue weighted by atomic mass is 9.94. The Labute approximate surface area is 241 Å². The highest BCUT2D eigenvalue weighted by molar-refractivity contribution is 7.84. The Balaban J connectivity index is 1.65. The lowest BCUT2D eigenvalue weighted by Crippen LogP contribution is -2.43. The van der Waals surface area contributed by atoms with Crippen LogP contribution < -0.4 is 21.2 Å². The summed E-state index contributed by atoms with van der Waals surface area (Å²) in [6, 6.07) is 35.6. The summed E-state index contributed by atoms with van der Waals surface area (Å²) in [4.78, 5) is 30.8. The van der Waals surface area contributed by atoms with E-state index in [-0.39, 0.29) is 6.04 Å². The van der Waals surface area contributed by atoms with Crippen LogP contribution in [0.1, 0.15) is 32.1 Å². The molecule has 208 valence electrons. The fourth-order valence-electron chi connectivity index (χ4n) is 6.61. The number of imide groups is 1. The van der Waals surface area contributed by atoms with E-state index in [1.54, 1.807) is 97.1 Å². The van der Waals surface area contributed by atoms with Gasteiger partial charge in [0.05, 0.1) is 0 Å². The zero-order chi connectivity index (χ0) is 28.5. The molecule has 1 saturated heterocycles. The molecule has 2 unspecified atom stereocenters. The molecule has 2 aliphatic rings. The average molecular weight is 582 g/mol. The molecule has 0 bridgehead atoms. The first kappa shape index (κ1) is 27.6. The van der Waals surface area contributed by atoms with Crippen LogP contribution in [0.15, 0.2) is 121 Å². The van der Waals surface area contributed by atoms with Gasteiger partial charge >= 0.3 is 0 Å². The fourth-order valence-corrected chi connectivity index (χ4v) is 14.0. The van der Waals surface area contributed by atoms with Gasteiger partial charge in [0.15, 0.2) is 14.3 Å². The molecule has 1 aliphatic carbocycles. The molecule has 0 aromatic heterocycles. The molecule has 2 fully saturated rings. The minimum absolute atomic E-state index is 0.281. The first-order valence-corrected chi connectivity index (χ1v) is 17.8. The number of carbonyl (C=O) groups is 2. The number of likely N-dealkylation sites (tertiary alicyclic amines) is 1. The molecule has 6 rings (SSSR count). The number of rotatable bonds is 7. The Morgan fingerprint density at radius 1 is 0.463 bits per heavy atom. The van der Waals surface area contributed by atoms with Gasteiger partial charge in [0.1, 0.15) is 11.3 Å². The second kappa shape index (κ2) is 11.4. The third kappa shape index (κ3) is 4.66. The van der Waals surface area contributed by atoms with Crippen molar-refractivity contribution >= 4 is 47.3 Å². The summed E-state index contributed by atoms with van der Waals surface area (Å²) in [6.45, 7) is 0. The van der Waals surface area contributed by atoms with E-state index in [1.165, 1.54) is 4.90 Å². The molecule has 4 aromatic rings. The zero-order valence-corrected chi connectivity index (χ0v) is 24.6. The average Bonchev–Trinajstić information content (AvgIpc) is 3.32. The van der Waals surface area contributed by atoms with E-state index in [9.17, 15) is 9.59 Å². The van der Waals surface area contributed by atoms with E-state index in [1.807, 2.05) is 24.3 Å². The van der Waals surface area contributed by atoms with Crippen LogP contribution in [-0.2, 0) is 18.7 Å². The van der Waals surface area contributed by atoms with Crippen LogP contribution in [0.25, 0.3) is 0 Å². The van der Waals surface area contributed by atoms with Crippen molar-refractivity contribution in [3.05, 3.63) is 121 Å². The number of carbonyl (C=O) groups excluding carboxylic acids is 2. The summed E-state index contributed by atoms with van der Waals surface area (Å²) in [5, 5.41) is 1.95. The number of hydrogen-bond donors (Lipinski definition) is 0. The number of nitrogens with zero attached hydrogens (tertiary/aromatic N) is 1. The predicted octanol–water partition coefficient (Wildman–Crippen LogP) is 5.45. The molecule has 4 aromatic carbocycles. The van der Waals surface area contributed by atoms with Gasteiger partial charge in [-0.2, -0.15) is 0 Å². The molecule has 2 amide bonds. The van der Waals surface area contributed by atoms with Gasteiger partial charge in [0.2, 0.25) is 11.8 Å². The SMILES string of the molecule is O=C1C(P(=O)(c2ccccc2)c2ccccc2)C(P(=O)(c2ccccc2)c2ccccc2)C(=O)N1C1CCCCC1. The molecule has 1 heterocycles. The Hall–Kier alpha value is -3.52. The zero-order valence-electron chi connectivity index (χ0n) is 22.8. The minimum Gasteiger partial charge on any atom is -0.313 e. The molecule has 7 heteroatoms. The second-order valence-electron chi connectivity index (χ2n) is 10.9. The van der Waals surface area contributed by atoms with Crippen molar-refractivity contribution in [2.24, 2.45) is 0 Å². The van der Waals surface area contributed by atoms with Crippen LogP contribution in [0.2, 0.25) is 0 Å². The Morgan fingerprint density at radius 3 is 1.05 bits per heavy atom. The predicted molar refractivity (Wildman–Crippen MR) is 166 cm³/mol. The van der Waals surface area contributed by atoms with Crippen molar-refractivity contribution in [3.63, 3.8) is 0 Å². The van der Waals surface area contributed by atoms with E-state index in [0.29, 0.717) is 34.1 Å². The molecule has 41 heavy (non-hydrogen) atoms. The van der Waals surface area contributed by atoms with Crippen LogP contribution in [0, 0.1) is 0 Å². The van der Waals surface area contributed by atoms with Crippen molar-refractivity contribution in [3.8, 4) is 0 Å². The summed E-state index contributed by atoms with van der Waals surface area (Å²) in [5.74, 6) is -0.926. The van der Waals surface area contributed by atoms with Crippen molar-refractivity contribution < 1.29 is 18.7 Å². The van der Waals surface area contributed by atoms with E-state index < -0.39 is 37.4 Å². The lowest BCUT2D eigenvalue weighted by molar-refractivity contribution is -0.141. The van der Waals surface area contributed by atoms with Crippen molar-refractivity contribution in [1.29, 1.82) is 0 Å². The fraction of sp³-hybridized carbons (Fsp3) is 0.235. The van der Waals surface area contributed by atoms with E-state index >= 15 is 9.13 Å². The first-order valence-electron chi connectivity index (χ1n) is 14.3. The van der Waals surface area contributed by atoms with Crippen LogP contribution in [-0.4, -0.2) is 34.1 Å². The van der Waals surface area contributed by atoms with Crippen molar-refractivity contribution in [1.82, 2.24) is 4.90 Å². The number of hydrogen-bond acceptors (Lipinski definition) is 4. The van der Waals surface area contributed by atoms with Gasteiger partial charge in [-0.1, -0.05) is 141 Å². The third-order valence-corrected chi connectivity index (χ3v) is 15.7. The van der Waals surface area contributed by atoms with Crippen LogP contribution in [0.3, 0.4) is 0 Å². The Bertz CT molecular complexity index is 1420. The topological polar surface area (TPSA) is 71.5 Å². The van der Waals surface area contributed by atoms with E-state index in [2.05, 4.69) is 0 Å². The standard InChI is InChI=1S/C34H33NO4P2/c36-33-31(40(38,27-18-8-2-9-19-27)28-20-10-3-11-21-28)32(34(37)35(33)26-16-6-1-7-17-26)41(39,29-22-12-4-13-23-29)30-24-14-5-15-25-30/h2-5,8-15,18-26,31-32H,1,6-7,16-17H2. The Kier molecular flexibility index (Phi) is 7.68. The molecule has 0 N–H and O–H groups in total. The quantitative estimate of drug-likeness (QED) is 0.215. The first-order chi connectivity index (χ1) is 20.0. The maximum atomic E-state index is 15.8. The second-order valence-corrected chi connectivity index (χ2v) is 16.7. The third-order valence-electron chi connectivity index (χ3n) is 8.56. The van der Waals surface area contributed by atoms with Gasteiger partial charge in [-0.25, -0.2) is 0 Å². The highest BCUT2D eigenvalue weighted by Crippen LogP contribution is 2.63. The van der Waals surface area contributed by atoms with Crippen LogP contribution >= 0.6 is 14.3 Å². The molecule has 0 spiro atoms. The summed E-state index contributed by atoms with van der Waals surface area (Å²) in [6.07, 6.45) is 4.30. The molecule has 0 radical (unpaired) electrons.